The summed E-state index contributed by atoms with van der Waals surface area (Å²) in [6, 6.07) is 5.85. The molecular formula is C14H13ClN4. The summed E-state index contributed by atoms with van der Waals surface area (Å²) >= 11 is 6.20. The first-order valence-corrected chi connectivity index (χ1v) is 6.54. The van der Waals surface area contributed by atoms with E-state index >= 15 is 0 Å². The third-order valence-electron chi connectivity index (χ3n) is 3.11. The Hall–Kier alpha value is -1.94. The van der Waals surface area contributed by atoms with Gasteiger partial charge >= 0.3 is 0 Å². The molecular weight excluding hydrogens is 260 g/mol. The van der Waals surface area contributed by atoms with Gasteiger partial charge in [0.25, 0.3) is 0 Å². The number of imidazole rings is 1. The molecule has 0 aliphatic rings. The SMILES string of the molecule is CCc1c(C)nc(-c2cn3ccccc3n2)nc1Cl. The van der Waals surface area contributed by atoms with E-state index in [2.05, 4.69) is 15.0 Å². The fourth-order valence-electron chi connectivity index (χ4n) is 2.12. The summed E-state index contributed by atoms with van der Waals surface area (Å²) in [5.74, 6) is 0.573. The fourth-order valence-corrected chi connectivity index (χ4v) is 2.47. The van der Waals surface area contributed by atoms with E-state index in [1.807, 2.05) is 48.8 Å². The summed E-state index contributed by atoms with van der Waals surface area (Å²) in [6.07, 6.45) is 4.68. The van der Waals surface area contributed by atoms with Gasteiger partial charge in [-0.3, -0.25) is 0 Å². The van der Waals surface area contributed by atoms with E-state index in [4.69, 9.17) is 11.6 Å². The Morgan fingerprint density at radius 1 is 1.21 bits per heavy atom. The van der Waals surface area contributed by atoms with E-state index in [0.29, 0.717) is 11.0 Å². The smallest absolute Gasteiger partial charge is 0.181 e. The molecule has 0 unspecified atom stereocenters. The second kappa shape index (κ2) is 4.63. The minimum atomic E-state index is 0.516. The molecule has 0 amide bonds. The predicted octanol–water partition coefficient (Wildman–Crippen LogP) is 3.32. The number of hydrogen-bond acceptors (Lipinski definition) is 3. The maximum Gasteiger partial charge on any atom is 0.181 e. The molecule has 3 aromatic heterocycles. The van der Waals surface area contributed by atoms with E-state index in [1.54, 1.807) is 0 Å². The van der Waals surface area contributed by atoms with Gasteiger partial charge in [-0.2, -0.15) is 0 Å². The van der Waals surface area contributed by atoms with Crippen molar-refractivity contribution < 1.29 is 0 Å². The molecule has 0 saturated heterocycles. The molecule has 0 fully saturated rings. The van der Waals surface area contributed by atoms with Gasteiger partial charge in [0.2, 0.25) is 0 Å². The van der Waals surface area contributed by atoms with Crippen molar-refractivity contribution in [1.82, 2.24) is 19.4 Å². The summed E-state index contributed by atoms with van der Waals surface area (Å²) in [5, 5.41) is 0.516. The van der Waals surface area contributed by atoms with Crippen LogP contribution in [0.5, 0.6) is 0 Å². The lowest BCUT2D eigenvalue weighted by Crippen LogP contribution is -1.99. The van der Waals surface area contributed by atoms with Crippen molar-refractivity contribution in [3.63, 3.8) is 0 Å². The van der Waals surface area contributed by atoms with E-state index < -0.39 is 0 Å². The lowest BCUT2D eigenvalue weighted by molar-refractivity contribution is 0.997. The minimum Gasteiger partial charge on any atom is -0.306 e. The van der Waals surface area contributed by atoms with Crippen molar-refractivity contribution in [2.45, 2.75) is 20.3 Å². The van der Waals surface area contributed by atoms with E-state index in [1.165, 1.54) is 0 Å². The summed E-state index contributed by atoms with van der Waals surface area (Å²) in [5.41, 5.74) is 3.51. The van der Waals surface area contributed by atoms with Gasteiger partial charge in [-0.1, -0.05) is 24.6 Å². The van der Waals surface area contributed by atoms with Gasteiger partial charge in [0.05, 0.1) is 0 Å². The zero-order chi connectivity index (χ0) is 13.4. The second-order valence-corrected chi connectivity index (χ2v) is 4.71. The average Bonchev–Trinajstić information content (AvgIpc) is 2.82. The number of hydrogen-bond donors (Lipinski definition) is 0. The molecule has 0 radical (unpaired) electrons. The number of halogens is 1. The maximum absolute atomic E-state index is 6.20. The van der Waals surface area contributed by atoms with Gasteiger partial charge < -0.3 is 4.40 Å². The van der Waals surface area contributed by atoms with Crippen molar-refractivity contribution in [2.75, 3.05) is 0 Å². The molecule has 0 aliphatic carbocycles. The maximum atomic E-state index is 6.20. The summed E-state index contributed by atoms with van der Waals surface area (Å²) < 4.78 is 1.94. The Morgan fingerprint density at radius 3 is 2.74 bits per heavy atom. The third kappa shape index (κ3) is 2.08. The van der Waals surface area contributed by atoms with Gasteiger partial charge in [-0.25, -0.2) is 15.0 Å². The molecule has 96 valence electrons. The number of aromatic nitrogens is 4. The molecule has 0 N–H and O–H groups in total. The highest BCUT2D eigenvalue weighted by Crippen LogP contribution is 2.22. The van der Waals surface area contributed by atoms with E-state index in [9.17, 15) is 0 Å². The highest BCUT2D eigenvalue weighted by atomic mass is 35.5. The average molecular weight is 273 g/mol. The summed E-state index contributed by atoms with van der Waals surface area (Å²) in [7, 11) is 0. The number of rotatable bonds is 2. The van der Waals surface area contributed by atoms with Gasteiger partial charge in [-0.05, 0) is 25.5 Å². The van der Waals surface area contributed by atoms with Crippen LogP contribution in [0, 0.1) is 6.92 Å². The lowest BCUT2D eigenvalue weighted by Gasteiger charge is -2.05. The molecule has 0 bridgehead atoms. The molecule has 0 aromatic carbocycles. The zero-order valence-electron chi connectivity index (χ0n) is 10.8. The van der Waals surface area contributed by atoms with Crippen LogP contribution in [-0.2, 0) is 6.42 Å². The van der Waals surface area contributed by atoms with Crippen LogP contribution < -0.4 is 0 Å². The first kappa shape index (κ1) is 12.1. The fraction of sp³-hybridized carbons (Fsp3) is 0.214. The van der Waals surface area contributed by atoms with Gasteiger partial charge in [0, 0.05) is 23.7 Å². The molecule has 3 rings (SSSR count). The molecule has 3 heterocycles. The molecule has 3 aromatic rings. The number of aryl methyl sites for hydroxylation is 1. The molecule has 0 spiro atoms. The normalized spacial score (nSPS) is 11.1. The monoisotopic (exact) mass is 272 g/mol. The van der Waals surface area contributed by atoms with Crippen LogP contribution >= 0.6 is 11.6 Å². The molecule has 0 saturated carbocycles. The minimum absolute atomic E-state index is 0.516. The van der Waals surface area contributed by atoms with Crippen molar-refractivity contribution >= 4 is 17.2 Å². The van der Waals surface area contributed by atoms with Crippen LogP contribution in [0.15, 0.2) is 30.6 Å². The Morgan fingerprint density at radius 2 is 2.05 bits per heavy atom. The highest BCUT2D eigenvalue weighted by molar-refractivity contribution is 6.30. The van der Waals surface area contributed by atoms with E-state index in [0.717, 1.165) is 29.0 Å². The molecule has 5 heteroatoms. The van der Waals surface area contributed by atoms with Gasteiger partial charge in [-0.15, -0.1) is 0 Å². The van der Waals surface area contributed by atoms with Gasteiger partial charge in [0.1, 0.15) is 16.5 Å². The second-order valence-electron chi connectivity index (χ2n) is 4.35. The third-order valence-corrected chi connectivity index (χ3v) is 3.42. The van der Waals surface area contributed by atoms with Gasteiger partial charge in [0.15, 0.2) is 5.82 Å². The first-order valence-electron chi connectivity index (χ1n) is 6.16. The van der Waals surface area contributed by atoms with Crippen LogP contribution in [0.2, 0.25) is 5.15 Å². The Kier molecular flexibility index (Phi) is 2.95. The predicted molar refractivity (Wildman–Crippen MR) is 75.3 cm³/mol. The van der Waals surface area contributed by atoms with Crippen molar-refractivity contribution in [3.05, 3.63) is 47.0 Å². The quantitative estimate of drug-likeness (QED) is 0.672. The van der Waals surface area contributed by atoms with E-state index in [-0.39, 0.29) is 0 Å². The number of fused-ring (bicyclic) bond motifs is 1. The molecule has 19 heavy (non-hydrogen) atoms. The Balaban J connectivity index is 2.16. The first-order chi connectivity index (χ1) is 9.19. The van der Waals surface area contributed by atoms with Crippen molar-refractivity contribution in [3.8, 4) is 11.5 Å². The highest BCUT2D eigenvalue weighted by Gasteiger charge is 2.12. The largest absolute Gasteiger partial charge is 0.306 e. The molecule has 4 nitrogen and oxygen atoms in total. The van der Waals surface area contributed by atoms with Crippen LogP contribution in [0.4, 0.5) is 0 Å². The summed E-state index contributed by atoms with van der Waals surface area (Å²) in [6.45, 7) is 3.99. The number of nitrogens with zero attached hydrogens (tertiary/aromatic N) is 4. The Bertz CT molecular complexity index is 692. The van der Waals surface area contributed by atoms with Crippen molar-refractivity contribution in [1.29, 1.82) is 0 Å². The number of pyridine rings is 1. The van der Waals surface area contributed by atoms with Crippen molar-refractivity contribution in [2.24, 2.45) is 0 Å². The Labute approximate surface area is 116 Å². The standard InChI is InChI=1S/C14H13ClN4/c1-3-10-9(2)16-14(18-13(10)15)11-8-19-7-5-4-6-12(19)17-11/h4-8H,3H2,1-2H3. The molecule has 0 atom stereocenters. The van der Waals surface area contributed by atoms with Crippen LogP contribution in [0.1, 0.15) is 18.2 Å². The van der Waals surface area contributed by atoms with Crippen LogP contribution in [-0.4, -0.2) is 19.4 Å². The molecule has 0 aliphatic heterocycles. The summed E-state index contributed by atoms with van der Waals surface area (Å²) in [4.78, 5) is 13.3. The topological polar surface area (TPSA) is 43.1 Å². The van der Waals surface area contributed by atoms with Crippen LogP contribution in [0.25, 0.3) is 17.2 Å². The zero-order valence-corrected chi connectivity index (χ0v) is 11.5. The van der Waals surface area contributed by atoms with Crippen LogP contribution in [0.3, 0.4) is 0 Å². The lowest BCUT2D eigenvalue weighted by atomic mass is 10.2.